The Morgan fingerprint density at radius 3 is 2.38 bits per heavy atom. The maximum absolute atomic E-state index is 12.4. The van der Waals surface area contributed by atoms with Crippen molar-refractivity contribution in [3.63, 3.8) is 0 Å². The summed E-state index contributed by atoms with van der Waals surface area (Å²) in [5, 5.41) is 2.62. The zero-order chi connectivity index (χ0) is 16.3. The van der Waals surface area contributed by atoms with Crippen LogP contribution in [0.2, 0.25) is 0 Å². The molecule has 1 atom stereocenters. The number of carbonyl (C=O) groups excluding carboxylic acids is 1. The number of hydrogen-bond acceptors (Lipinski definition) is 4. The monoisotopic (exact) mass is 313 g/mol. The van der Waals surface area contributed by atoms with E-state index in [0.29, 0.717) is 5.56 Å². The normalized spacial score (nSPS) is 13.8. The standard InChI is InChI=1S/C14H23N3O3S/c1-10(15)13(18)16-9-11-7-5-6-8-12(11)21(19,20)17-14(2,3)4/h5-8,10,17H,9,15H2,1-4H3,(H,16,18)/t10-/m0/s1. The van der Waals surface area contributed by atoms with E-state index in [-0.39, 0.29) is 17.3 Å². The molecule has 1 rings (SSSR count). The molecule has 0 aromatic heterocycles. The van der Waals surface area contributed by atoms with E-state index in [2.05, 4.69) is 10.0 Å². The van der Waals surface area contributed by atoms with Gasteiger partial charge in [-0.2, -0.15) is 0 Å². The van der Waals surface area contributed by atoms with Gasteiger partial charge < -0.3 is 11.1 Å². The number of nitrogens with one attached hydrogen (secondary N) is 2. The first-order chi connectivity index (χ1) is 9.53. The van der Waals surface area contributed by atoms with E-state index in [0.717, 1.165) is 0 Å². The summed E-state index contributed by atoms with van der Waals surface area (Å²) in [5.74, 6) is -0.328. The highest BCUT2D eigenvalue weighted by molar-refractivity contribution is 7.89. The van der Waals surface area contributed by atoms with Gasteiger partial charge in [0.2, 0.25) is 15.9 Å². The first-order valence-corrected chi connectivity index (χ1v) is 8.16. The van der Waals surface area contributed by atoms with Gasteiger partial charge in [0.15, 0.2) is 0 Å². The zero-order valence-electron chi connectivity index (χ0n) is 12.8. The first kappa shape index (κ1) is 17.6. The van der Waals surface area contributed by atoms with Crippen molar-refractivity contribution in [2.45, 2.75) is 50.7 Å². The van der Waals surface area contributed by atoms with Crippen molar-refractivity contribution in [2.75, 3.05) is 0 Å². The lowest BCUT2D eigenvalue weighted by molar-refractivity contribution is -0.122. The summed E-state index contributed by atoms with van der Waals surface area (Å²) < 4.78 is 27.4. The van der Waals surface area contributed by atoms with Gasteiger partial charge in [-0.25, -0.2) is 13.1 Å². The van der Waals surface area contributed by atoms with Crippen molar-refractivity contribution in [1.29, 1.82) is 0 Å². The second-order valence-corrected chi connectivity index (χ2v) is 7.62. The minimum atomic E-state index is -3.65. The lowest BCUT2D eigenvalue weighted by Gasteiger charge is -2.21. The fourth-order valence-electron chi connectivity index (χ4n) is 1.71. The van der Waals surface area contributed by atoms with Crippen molar-refractivity contribution >= 4 is 15.9 Å². The Labute approximate surface area is 126 Å². The molecular weight excluding hydrogens is 290 g/mol. The molecule has 0 bridgehead atoms. The van der Waals surface area contributed by atoms with Crippen LogP contribution in [-0.4, -0.2) is 25.9 Å². The summed E-state index contributed by atoms with van der Waals surface area (Å²) in [6.45, 7) is 6.99. The fraction of sp³-hybridized carbons (Fsp3) is 0.500. The largest absolute Gasteiger partial charge is 0.351 e. The molecule has 6 nitrogen and oxygen atoms in total. The zero-order valence-corrected chi connectivity index (χ0v) is 13.6. The van der Waals surface area contributed by atoms with Crippen LogP contribution in [0.1, 0.15) is 33.3 Å². The van der Waals surface area contributed by atoms with E-state index in [9.17, 15) is 13.2 Å². The molecule has 0 fully saturated rings. The van der Waals surface area contributed by atoms with Gasteiger partial charge in [-0.3, -0.25) is 4.79 Å². The third kappa shape index (κ3) is 5.45. The highest BCUT2D eigenvalue weighted by Crippen LogP contribution is 2.17. The summed E-state index contributed by atoms with van der Waals surface area (Å²) in [6.07, 6.45) is 0. The van der Waals surface area contributed by atoms with Crippen LogP contribution in [0.4, 0.5) is 0 Å². The third-order valence-electron chi connectivity index (χ3n) is 2.57. The van der Waals surface area contributed by atoms with Crippen molar-refractivity contribution in [3.8, 4) is 0 Å². The predicted molar refractivity (Wildman–Crippen MR) is 82.0 cm³/mol. The molecule has 0 saturated carbocycles. The Morgan fingerprint density at radius 1 is 1.29 bits per heavy atom. The number of amides is 1. The highest BCUT2D eigenvalue weighted by atomic mass is 32.2. The minimum Gasteiger partial charge on any atom is -0.351 e. The summed E-state index contributed by atoms with van der Waals surface area (Å²) in [7, 11) is -3.65. The highest BCUT2D eigenvalue weighted by Gasteiger charge is 2.24. The molecule has 1 aromatic carbocycles. The third-order valence-corrected chi connectivity index (χ3v) is 4.43. The second kappa shape index (κ2) is 6.55. The molecule has 0 radical (unpaired) electrons. The minimum absolute atomic E-state index is 0.113. The van der Waals surface area contributed by atoms with Crippen molar-refractivity contribution in [2.24, 2.45) is 5.73 Å². The molecular formula is C14H23N3O3S. The number of hydrogen-bond donors (Lipinski definition) is 3. The molecule has 7 heteroatoms. The second-order valence-electron chi connectivity index (χ2n) is 5.97. The molecule has 21 heavy (non-hydrogen) atoms. The van der Waals surface area contributed by atoms with Crippen LogP contribution in [0, 0.1) is 0 Å². The molecule has 4 N–H and O–H groups in total. The van der Waals surface area contributed by atoms with Gasteiger partial charge in [0.25, 0.3) is 0 Å². The average Bonchev–Trinajstić information content (AvgIpc) is 2.33. The summed E-state index contributed by atoms with van der Waals surface area (Å²) in [6, 6.07) is 5.92. The average molecular weight is 313 g/mol. The first-order valence-electron chi connectivity index (χ1n) is 6.68. The topological polar surface area (TPSA) is 101 Å². The van der Waals surface area contributed by atoms with Gasteiger partial charge in [0.1, 0.15) is 0 Å². The quantitative estimate of drug-likeness (QED) is 0.745. The van der Waals surface area contributed by atoms with Gasteiger partial charge in [0.05, 0.1) is 10.9 Å². The summed E-state index contributed by atoms with van der Waals surface area (Å²) in [4.78, 5) is 11.7. The maximum Gasteiger partial charge on any atom is 0.241 e. The lowest BCUT2D eigenvalue weighted by Crippen LogP contribution is -2.41. The number of sulfonamides is 1. The molecule has 0 spiro atoms. The summed E-state index contributed by atoms with van der Waals surface area (Å²) in [5.41, 5.74) is 5.40. The molecule has 0 unspecified atom stereocenters. The van der Waals surface area contributed by atoms with E-state index >= 15 is 0 Å². The van der Waals surface area contributed by atoms with E-state index < -0.39 is 21.6 Å². The van der Waals surface area contributed by atoms with Crippen molar-refractivity contribution in [3.05, 3.63) is 29.8 Å². The van der Waals surface area contributed by atoms with E-state index in [1.807, 2.05) is 0 Å². The SMILES string of the molecule is C[C@H](N)C(=O)NCc1ccccc1S(=O)(=O)NC(C)(C)C. The van der Waals surface area contributed by atoms with Crippen LogP contribution in [0.5, 0.6) is 0 Å². The van der Waals surface area contributed by atoms with Gasteiger partial charge in [-0.1, -0.05) is 18.2 Å². The van der Waals surface area contributed by atoms with Crippen molar-refractivity contribution < 1.29 is 13.2 Å². The van der Waals surface area contributed by atoms with Crippen LogP contribution in [-0.2, 0) is 21.4 Å². The smallest absolute Gasteiger partial charge is 0.241 e. The van der Waals surface area contributed by atoms with Crippen LogP contribution in [0.15, 0.2) is 29.2 Å². The van der Waals surface area contributed by atoms with E-state index in [4.69, 9.17) is 5.73 Å². The predicted octanol–water partition coefficient (Wildman–Crippen LogP) is 0.727. The summed E-state index contributed by atoms with van der Waals surface area (Å²) >= 11 is 0. The Kier molecular flexibility index (Phi) is 5.49. The van der Waals surface area contributed by atoms with Crippen LogP contribution >= 0.6 is 0 Å². The number of carbonyl (C=O) groups is 1. The number of benzene rings is 1. The Morgan fingerprint density at radius 2 is 1.86 bits per heavy atom. The Balaban J connectivity index is 3.02. The van der Waals surface area contributed by atoms with Gasteiger partial charge in [-0.15, -0.1) is 0 Å². The van der Waals surface area contributed by atoms with Crippen LogP contribution < -0.4 is 15.8 Å². The van der Waals surface area contributed by atoms with Crippen molar-refractivity contribution in [1.82, 2.24) is 10.0 Å². The Hall–Kier alpha value is -1.44. The Bertz CT molecular complexity index is 604. The van der Waals surface area contributed by atoms with Gasteiger partial charge in [-0.05, 0) is 39.3 Å². The van der Waals surface area contributed by atoms with Gasteiger partial charge >= 0.3 is 0 Å². The molecule has 0 saturated heterocycles. The van der Waals surface area contributed by atoms with Gasteiger partial charge in [0, 0.05) is 12.1 Å². The molecule has 0 aliphatic rings. The molecule has 0 heterocycles. The number of rotatable bonds is 5. The molecule has 118 valence electrons. The molecule has 0 aliphatic carbocycles. The number of nitrogens with two attached hydrogens (primary N) is 1. The lowest BCUT2D eigenvalue weighted by atomic mass is 10.1. The van der Waals surface area contributed by atoms with Crippen LogP contribution in [0.3, 0.4) is 0 Å². The molecule has 0 aliphatic heterocycles. The maximum atomic E-state index is 12.4. The van der Waals surface area contributed by atoms with E-state index in [1.54, 1.807) is 45.9 Å². The fourth-order valence-corrected chi connectivity index (χ4v) is 3.37. The van der Waals surface area contributed by atoms with Crippen LogP contribution in [0.25, 0.3) is 0 Å². The molecule has 1 aromatic rings. The molecule has 1 amide bonds. The van der Waals surface area contributed by atoms with E-state index in [1.165, 1.54) is 6.07 Å².